The van der Waals surface area contributed by atoms with Gasteiger partial charge in [-0.05, 0) is 13.8 Å². The van der Waals surface area contributed by atoms with E-state index in [1.165, 1.54) is 0 Å². The number of nitrogen functional groups attached to an aromatic ring is 1. The van der Waals surface area contributed by atoms with Gasteiger partial charge in [0, 0.05) is 6.04 Å². The third-order valence-corrected chi connectivity index (χ3v) is 1.28. The van der Waals surface area contributed by atoms with Gasteiger partial charge in [0.15, 0.2) is 5.84 Å². The van der Waals surface area contributed by atoms with Crippen molar-refractivity contribution in [2.45, 2.75) is 19.9 Å². The van der Waals surface area contributed by atoms with Crippen molar-refractivity contribution < 1.29 is 0 Å². The van der Waals surface area contributed by atoms with Crippen LogP contribution in [-0.4, -0.2) is 20.6 Å². The molecule has 0 bridgehead atoms. The van der Waals surface area contributed by atoms with Crippen molar-refractivity contribution in [3.63, 3.8) is 0 Å². The lowest BCUT2D eigenvalue weighted by atomic mass is 10.4. The van der Waals surface area contributed by atoms with E-state index in [0.717, 1.165) is 0 Å². The fourth-order valence-corrected chi connectivity index (χ4v) is 0.647. The number of amidine groups is 1. The summed E-state index contributed by atoms with van der Waals surface area (Å²) in [4.78, 5) is 3.84. The molecular weight excluding hydrogens is 142 g/mol. The van der Waals surface area contributed by atoms with E-state index < -0.39 is 0 Å². The molecule has 0 aliphatic heterocycles. The van der Waals surface area contributed by atoms with Gasteiger partial charge < -0.3 is 5.73 Å². The number of hydrogen-bond acceptors (Lipinski definition) is 3. The van der Waals surface area contributed by atoms with E-state index in [1.54, 1.807) is 11.0 Å². The van der Waals surface area contributed by atoms with Gasteiger partial charge in [0.2, 0.25) is 5.82 Å². The molecule has 0 aliphatic carbocycles. The minimum Gasteiger partial charge on any atom is -0.381 e. The third-order valence-electron chi connectivity index (χ3n) is 1.28. The number of nitrogens with two attached hydrogens (primary N) is 1. The van der Waals surface area contributed by atoms with Crippen LogP contribution in [0.5, 0.6) is 0 Å². The molecule has 0 unspecified atom stereocenters. The summed E-state index contributed by atoms with van der Waals surface area (Å²) in [7, 11) is 0. The average Bonchev–Trinajstić information content (AvgIpc) is 2.33. The van der Waals surface area contributed by atoms with Crippen LogP contribution in [0.25, 0.3) is 0 Å². The van der Waals surface area contributed by atoms with Gasteiger partial charge in [-0.1, -0.05) is 0 Å². The van der Waals surface area contributed by atoms with E-state index >= 15 is 0 Å². The molecular formula is C6H11N5. The first-order chi connectivity index (χ1) is 5.11. The minimum absolute atomic E-state index is 0.0931. The third kappa shape index (κ3) is 1.54. The van der Waals surface area contributed by atoms with Crippen molar-refractivity contribution >= 4 is 5.84 Å². The molecule has 1 heterocycles. The Hall–Kier alpha value is -1.39. The molecule has 11 heavy (non-hydrogen) atoms. The van der Waals surface area contributed by atoms with Gasteiger partial charge in [-0.3, -0.25) is 5.41 Å². The Morgan fingerprint density at radius 2 is 2.36 bits per heavy atom. The molecule has 1 rings (SSSR count). The van der Waals surface area contributed by atoms with Gasteiger partial charge in [-0.25, -0.2) is 9.67 Å². The Kier molecular flexibility index (Phi) is 1.89. The molecule has 1 aromatic rings. The van der Waals surface area contributed by atoms with Crippen molar-refractivity contribution in [3.05, 3.63) is 12.2 Å². The number of rotatable bonds is 2. The molecule has 0 saturated carbocycles. The fourth-order valence-electron chi connectivity index (χ4n) is 0.647. The topological polar surface area (TPSA) is 80.6 Å². The molecule has 0 aromatic carbocycles. The molecule has 0 atom stereocenters. The van der Waals surface area contributed by atoms with Crippen molar-refractivity contribution in [1.82, 2.24) is 14.8 Å². The molecule has 0 spiro atoms. The van der Waals surface area contributed by atoms with Gasteiger partial charge in [-0.15, -0.1) is 5.10 Å². The van der Waals surface area contributed by atoms with Crippen LogP contribution in [0.4, 0.5) is 0 Å². The Balaban J connectivity index is 2.90. The summed E-state index contributed by atoms with van der Waals surface area (Å²) >= 11 is 0. The number of aromatic nitrogens is 3. The van der Waals surface area contributed by atoms with Crippen LogP contribution in [0.3, 0.4) is 0 Å². The summed E-state index contributed by atoms with van der Waals surface area (Å²) in [6.07, 6.45) is 1.57. The molecule has 60 valence electrons. The molecule has 5 heteroatoms. The first kappa shape index (κ1) is 7.71. The van der Waals surface area contributed by atoms with Crippen LogP contribution < -0.4 is 5.73 Å². The van der Waals surface area contributed by atoms with Gasteiger partial charge >= 0.3 is 0 Å². The quantitative estimate of drug-likeness (QED) is 0.468. The van der Waals surface area contributed by atoms with Crippen molar-refractivity contribution in [1.29, 1.82) is 5.41 Å². The van der Waals surface area contributed by atoms with Crippen LogP contribution in [0.2, 0.25) is 0 Å². The summed E-state index contributed by atoms with van der Waals surface area (Å²) in [5, 5.41) is 11.0. The van der Waals surface area contributed by atoms with Crippen LogP contribution in [0, 0.1) is 5.41 Å². The molecule has 1 aromatic heterocycles. The van der Waals surface area contributed by atoms with Crippen LogP contribution in [0.15, 0.2) is 6.33 Å². The summed E-state index contributed by atoms with van der Waals surface area (Å²) in [5.41, 5.74) is 5.17. The second kappa shape index (κ2) is 2.69. The van der Waals surface area contributed by atoms with Gasteiger partial charge in [0.25, 0.3) is 0 Å². The molecule has 0 aliphatic rings. The largest absolute Gasteiger partial charge is 0.381 e. The standard InChI is InChI=1S/C6H11N5/c1-4(2)11-3-9-6(10-11)5(7)8/h3-4H,1-2H3,(H3,7,8). The van der Waals surface area contributed by atoms with Crippen LogP contribution in [-0.2, 0) is 0 Å². The molecule has 0 fully saturated rings. The smallest absolute Gasteiger partial charge is 0.215 e. The first-order valence-electron chi connectivity index (χ1n) is 3.37. The molecule has 5 nitrogen and oxygen atoms in total. The Labute approximate surface area is 64.7 Å². The maximum absolute atomic E-state index is 7.03. The Bertz CT molecular complexity index is 262. The summed E-state index contributed by atoms with van der Waals surface area (Å²) in [6, 6.07) is 0.260. The van der Waals surface area contributed by atoms with Crippen molar-refractivity contribution in [2.75, 3.05) is 0 Å². The summed E-state index contributed by atoms with van der Waals surface area (Å²) in [6.45, 7) is 3.97. The Morgan fingerprint density at radius 3 is 2.64 bits per heavy atom. The van der Waals surface area contributed by atoms with Gasteiger partial charge in [0.1, 0.15) is 6.33 Å². The zero-order valence-corrected chi connectivity index (χ0v) is 6.57. The van der Waals surface area contributed by atoms with E-state index in [9.17, 15) is 0 Å². The van der Waals surface area contributed by atoms with Gasteiger partial charge in [0.05, 0.1) is 0 Å². The maximum atomic E-state index is 7.03. The highest BCUT2D eigenvalue weighted by atomic mass is 15.3. The zero-order valence-electron chi connectivity index (χ0n) is 6.57. The fraction of sp³-hybridized carbons (Fsp3) is 0.500. The maximum Gasteiger partial charge on any atom is 0.215 e. The highest BCUT2D eigenvalue weighted by Gasteiger charge is 2.04. The monoisotopic (exact) mass is 153 g/mol. The molecule has 3 N–H and O–H groups in total. The lowest BCUT2D eigenvalue weighted by Gasteiger charge is -2.01. The molecule has 0 amide bonds. The molecule has 0 saturated heterocycles. The Morgan fingerprint density at radius 1 is 1.73 bits per heavy atom. The second-order valence-corrected chi connectivity index (χ2v) is 2.56. The SMILES string of the molecule is CC(C)n1cnc(C(=N)N)n1. The first-order valence-corrected chi connectivity index (χ1v) is 3.37. The zero-order chi connectivity index (χ0) is 8.43. The second-order valence-electron chi connectivity index (χ2n) is 2.56. The van der Waals surface area contributed by atoms with Gasteiger partial charge in [-0.2, -0.15) is 0 Å². The van der Waals surface area contributed by atoms with E-state index in [1.807, 2.05) is 13.8 Å². The molecule has 0 radical (unpaired) electrons. The van der Waals surface area contributed by atoms with E-state index in [2.05, 4.69) is 10.1 Å². The number of nitrogens with zero attached hydrogens (tertiary/aromatic N) is 3. The van der Waals surface area contributed by atoms with Crippen molar-refractivity contribution in [3.8, 4) is 0 Å². The lowest BCUT2D eigenvalue weighted by molar-refractivity contribution is 0.530. The minimum atomic E-state index is -0.0931. The highest BCUT2D eigenvalue weighted by Crippen LogP contribution is 1.99. The predicted octanol–water partition coefficient (Wildman–Crippen LogP) is 0.143. The predicted molar refractivity (Wildman–Crippen MR) is 41.4 cm³/mol. The number of hydrogen-bond donors (Lipinski definition) is 2. The van der Waals surface area contributed by atoms with E-state index in [-0.39, 0.29) is 11.9 Å². The van der Waals surface area contributed by atoms with Crippen LogP contribution in [0.1, 0.15) is 25.7 Å². The van der Waals surface area contributed by atoms with Crippen LogP contribution >= 0.6 is 0 Å². The van der Waals surface area contributed by atoms with E-state index in [0.29, 0.717) is 5.82 Å². The summed E-state index contributed by atoms with van der Waals surface area (Å²) < 4.78 is 1.66. The highest BCUT2D eigenvalue weighted by molar-refractivity contribution is 5.90. The normalized spacial score (nSPS) is 10.5. The van der Waals surface area contributed by atoms with Crippen molar-refractivity contribution in [2.24, 2.45) is 5.73 Å². The number of nitrogens with one attached hydrogen (secondary N) is 1. The summed E-state index contributed by atoms with van der Waals surface area (Å²) in [5.74, 6) is 0.197. The lowest BCUT2D eigenvalue weighted by Crippen LogP contribution is -2.14. The average molecular weight is 153 g/mol. The van der Waals surface area contributed by atoms with E-state index in [4.69, 9.17) is 11.1 Å².